The van der Waals surface area contributed by atoms with Gasteiger partial charge in [-0.1, -0.05) is 5.16 Å². The number of carbonyl (C=O) groups is 1. The normalized spacial score (nSPS) is 14.6. The van der Waals surface area contributed by atoms with Gasteiger partial charge in [-0.25, -0.2) is 0 Å². The van der Waals surface area contributed by atoms with Gasteiger partial charge in [0.2, 0.25) is 0 Å². The quantitative estimate of drug-likeness (QED) is 0.910. The monoisotopic (exact) mass is 260 g/mol. The van der Waals surface area contributed by atoms with Gasteiger partial charge in [0.25, 0.3) is 5.91 Å². The van der Waals surface area contributed by atoms with E-state index < -0.39 is 0 Å². The maximum Gasteiger partial charge on any atom is 0.274 e. The second kappa shape index (κ2) is 4.53. The first-order valence-corrected chi connectivity index (χ1v) is 6.36. The minimum Gasteiger partial charge on any atom is -0.361 e. The Morgan fingerprint density at radius 3 is 2.95 bits per heavy atom. The van der Waals surface area contributed by atoms with Crippen molar-refractivity contribution in [3.05, 3.63) is 35.0 Å². The van der Waals surface area contributed by atoms with Crippen molar-refractivity contribution < 1.29 is 9.32 Å². The van der Waals surface area contributed by atoms with Crippen molar-refractivity contribution in [2.24, 2.45) is 0 Å². The van der Waals surface area contributed by atoms with Crippen LogP contribution in [0.4, 0.5) is 0 Å². The number of aromatic amines is 1. The molecule has 0 radical (unpaired) electrons. The maximum atomic E-state index is 12.2. The van der Waals surface area contributed by atoms with E-state index in [1.165, 1.54) is 12.8 Å². The maximum absolute atomic E-state index is 12.2. The number of aromatic nitrogens is 3. The zero-order chi connectivity index (χ0) is 13.4. The fourth-order valence-electron chi connectivity index (χ4n) is 2.05. The standard InChI is InChI=1S/C13H16N4O2/c1-8-5-10(16-19-8)7-17(2)13(18)12-6-11(14-15-12)9-3-4-9/h5-6,9H,3-4,7H2,1-2H3,(H,14,15). The van der Waals surface area contributed by atoms with E-state index in [4.69, 9.17) is 4.52 Å². The molecular weight excluding hydrogens is 244 g/mol. The number of carbonyl (C=O) groups excluding carboxylic acids is 1. The first kappa shape index (κ1) is 12.0. The highest BCUT2D eigenvalue weighted by atomic mass is 16.5. The van der Waals surface area contributed by atoms with E-state index in [9.17, 15) is 4.79 Å². The summed E-state index contributed by atoms with van der Waals surface area (Å²) in [6.45, 7) is 2.25. The number of hydrogen-bond acceptors (Lipinski definition) is 4. The average Bonchev–Trinajstić information content (AvgIpc) is 2.98. The minimum atomic E-state index is -0.108. The van der Waals surface area contributed by atoms with E-state index in [1.807, 2.05) is 19.1 Å². The zero-order valence-electron chi connectivity index (χ0n) is 11.0. The van der Waals surface area contributed by atoms with Crippen LogP contribution in [0.1, 0.15) is 46.4 Å². The first-order valence-electron chi connectivity index (χ1n) is 6.36. The highest BCUT2D eigenvalue weighted by Gasteiger charge is 2.27. The molecule has 1 fully saturated rings. The number of amides is 1. The van der Waals surface area contributed by atoms with Crippen molar-refractivity contribution in [3.8, 4) is 0 Å². The third-order valence-corrected chi connectivity index (χ3v) is 3.26. The van der Waals surface area contributed by atoms with E-state index in [-0.39, 0.29) is 5.91 Å². The predicted octanol–water partition coefficient (Wildman–Crippen LogP) is 1.86. The molecule has 0 unspecified atom stereocenters. The molecule has 100 valence electrons. The summed E-state index contributed by atoms with van der Waals surface area (Å²) in [6.07, 6.45) is 2.37. The second-order valence-electron chi connectivity index (χ2n) is 5.07. The Morgan fingerprint density at radius 1 is 1.53 bits per heavy atom. The van der Waals surface area contributed by atoms with Crippen molar-refractivity contribution >= 4 is 5.91 Å². The number of aryl methyl sites for hydroxylation is 1. The molecule has 6 nitrogen and oxygen atoms in total. The zero-order valence-corrected chi connectivity index (χ0v) is 11.0. The van der Waals surface area contributed by atoms with Crippen molar-refractivity contribution in [1.82, 2.24) is 20.3 Å². The summed E-state index contributed by atoms with van der Waals surface area (Å²) in [5, 5.41) is 10.9. The Hall–Kier alpha value is -2.11. The van der Waals surface area contributed by atoms with Crippen LogP contribution in [-0.2, 0) is 6.54 Å². The average molecular weight is 260 g/mol. The number of hydrogen-bond donors (Lipinski definition) is 1. The number of nitrogens with one attached hydrogen (secondary N) is 1. The summed E-state index contributed by atoms with van der Waals surface area (Å²) in [7, 11) is 1.73. The third-order valence-electron chi connectivity index (χ3n) is 3.26. The molecular formula is C13H16N4O2. The molecule has 0 bridgehead atoms. The third kappa shape index (κ3) is 2.52. The van der Waals surface area contributed by atoms with Gasteiger partial charge in [0.1, 0.15) is 17.1 Å². The number of H-pyrrole nitrogens is 1. The van der Waals surface area contributed by atoms with Crippen molar-refractivity contribution in [2.45, 2.75) is 32.2 Å². The molecule has 2 heterocycles. The highest BCUT2D eigenvalue weighted by Crippen LogP contribution is 2.39. The lowest BCUT2D eigenvalue weighted by atomic mass is 10.2. The highest BCUT2D eigenvalue weighted by molar-refractivity contribution is 5.92. The Balaban J connectivity index is 1.67. The Bertz CT molecular complexity index is 597. The summed E-state index contributed by atoms with van der Waals surface area (Å²) in [4.78, 5) is 13.8. The van der Waals surface area contributed by atoms with Gasteiger partial charge in [-0.2, -0.15) is 5.10 Å². The second-order valence-corrected chi connectivity index (χ2v) is 5.07. The Kier molecular flexibility index (Phi) is 2.85. The van der Waals surface area contributed by atoms with Gasteiger partial charge in [0.15, 0.2) is 0 Å². The summed E-state index contributed by atoms with van der Waals surface area (Å²) in [5.41, 5.74) is 2.27. The summed E-state index contributed by atoms with van der Waals surface area (Å²) < 4.78 is 4.98. The van der Waals surface area contributed by atoms with E-state index in [0.29, 0.717) is 18.2 Å². The van der Waals surface area contributed by atoms with Crippen molar-refractivity contribution in [3.63, 3.8) is 0 Å². The van der Waals surface area contributed by atoms with Gasteiger partial charge in [-0.3, -0.25) is 9.89 Å². The van der Waals surface area contributed by atoms with Gasteiger partial charge < -0.3 is 9.42 Å². The van der Waals surface area contributed by atoms with E-state index in [0.717, 1.165) is 17.1 Å². The van der Waals surface area contributed by atoms with Crippen LogP contribution in [0.3, 0.4) is 0 Å². The number of rotatable bonds is 4. The molecule has 19 heavy (non-hydrogen) atoms. The van der Waals surface area contributed by atoms with E-state index in [1.54, 1.807) is 11.9 Å². The van der Waals surface area contributed by atoms with Crippen LogP contribution in [0.25, 0.3) is 0 Å². The van der Waals surface area contributed by atoms with Crippen LogP contribution >= 0.6 is 0 Å². The summed E-state index contributed by atoms with van der Waals surface area (Å²) in [6, 6.07) is 3.68. The molecule has 2 aromatic heterocycles. The molecule has 1 N–H and O–H groups in total. The molecule has 0 saturated heterocycles. The molecule has 0 atom stereocenters. The molecule has 2 aromatic rings. The molecule has 0 aromatic carbocycles. The van der Waals surface area contributed by atoms with Crippen LogP contribution in [0.5, 0.6) is 0 Å². The van der Waals surface area contributed by atoms with Gasteiger partial charge >= 0.3 is 0 Å². The van der Waals surface area contributed by atoms with Gasteiger partial charge in [0.05, 0.1) is 6.54 Å². The topological polar surface area (TPSA) is 75.0 Å². The fourth-order valence-corrected chi connectivity index (χ4v) is 2.05. The van der Waals surface area contributed by atoms with Crippen LogP contribution in [0, 0.1) is 6.92 Å². The lowest BCUT2D eigenvalue weighted by Gasteiger charge is -2.13. The van der Waals surface area contributed by atoms with E-state index >= 15 is 0 Å². The lowest BCUT2D eigenvalue weighted by molar-refractivity contribution is 0.0776. The van der Waals surface area contributed by atoms with Crippen LogP contribution in [0.15, 0.2) is 16.7 Å². The van der Waals surface area contributed by atoms with Crippen LogP contribution < -0.4 is 0 Å². The molecule has 1 saturated carbocycles. The summed E-state index contributed by atoms with van der Waals surface area (Å²) in [5.74, 6) is 1.20. The van der Waals surface area contributed by atoms with Crippen LogP contribution in [0.2, 0.25) is 0 Å². The summed E-state index contributed by atoms with van der Waals surface area (Å²) >= 11 is 0. The smallest absolute Gasteiger partial charge is 0.274 e. The molecule has 6 heteroatoms. The molecule has 1 aliphatic rings. The van der Waals surface area contributed by atoms with E-state index in [2.05, 4.69) is 15.4 Å². The van der Waals surface area contributed by atoms with Crippen molar-refractivity contribution in [2.75, 3.05) is 7.05 Å². The first-order chi connectivity index (χ1) is 9.13. The largest absolute Gasteiger partial charge is 0.361 e. The van der Waals surface area contributed by atoms with Crippen LogP contribution in [-0.4, -0.2) is 33.2 Å². The van der Waals surface area contributed by atoms with Gasteiger partial charge in [-0.05, 0) is 25.8 Å². The minimum absolute atomic E-state index is 0.108. The SMILES string of the molecule is Cc1cc(CN(C)C(=O)c2cc(C3CC3)[nH]n2)no1. The lowest BCUT2D eigenvalue weighted by Crippen LogP contribution is -2.26. The number of nitrogens with zero attached hydrogens (tertiary/aromatic N) is 3. The Morgan fingerprint density at radius 2 is 2.32 bits per heavy atom. The molecule has 1 aliphatic carbocycles. The Labute approximate surface area is 110 Å². The molecule has 3 rings (SSSR count). The fraction of sp³-hybridized carbons (Fsp3) is 0.462. The van der Waals surface area contributed by atoms with Crippen molar-refractivity contribution in [1.29, 1.82) is 0 Å². The molecule has 0 spiro atoms. The van der Waals surface area contributed by atoms with Gasteiger partial charge in [0, 0.05) is 24.7 Å². The molecule has 0 aliphatic heterocycles. The van der Waals surface area contributed by atoms with Gasteiger partial charge in [-0.15, -0.1) is 0 Å². The molecule has 1 amide bonds. The predicted molar refractivity (Wildman–Crippen MR) is 67.6 cm³/mol.